The first-order valence-electron chi connectivity index (χ1n) is 9.59. The van der Waals surface area contributed by atoms with Gasteiger partial charge in [0.15, 0.2) is 0 Å². The van der Waals surface area contributed by atoms with Gasteiger partial charge in [0.05, 0.1) is 0 Å². The quantitative estimate of drug-likeness (QED) is 0.659. The number of anilines is 1. The van der Waals surface area contributed by atoms with Gasteiger partial charge in [-0.05, 0) is 54.4 Å². The summed E-state index contributed by atoms with van der Waals surface area (Å²) in [7, 11) is 0. The Morgan fingerprint density at radius 1 is 1.10 bits per heavy atom. The molecule has 1 aliphatic rings. The Bertz CT molecular complexity index is 1120. The number of rotatable bonds is 4. The first-order valence-corrected chi connectivity index (χ1v) is 9.97. The van der Waals surface area contributed by atoms with Gasteiger partial charge in [0, 0.05) is 29.2 Å². The molecule has 2 amide bonds. The molecule has 4 rings (SSSR count). The highest BCUT2D eigenvalue weighted by Gasteiger charge is 2.47. The van der Waals surface area contributed by atoms with Crippen molar-refractivity contribution in [3.63, 3.8) is 0 Å². The van der Waals surface area contributed by atoms with E-state index in [0.717, 1.165) is 11.1 Å². The van der Waals surface area contributed by atoms with Crippen LogP contribution in [0.1, 0.15) is 28.4 Å². The van der Waals surface area contributed by atoms with Crippen LogP contribution in [0.4, 0.5) is 10.1 Å². The molecule has 3 aromatic carbocycles. The van der Waals surface area contributed by atoms with E-state index in [1.54, 1.807) is 37.3 Å². The number of carbonyl (C=O) groups excluding carboxylic acids is 2. The summed E-state index contributed by atoms with van der Waals surface area (Å²) in [6.45, 7) is 2.00. The summed E-state index contributed by atoms with van der Waals surface area (Å²) in [6, 6.07) is 20.1. The second-order valence-electron chi connectivity index (χ2n) is 7.54. The van der Waals surface area contributed by atoms with E-state index in [1.165, 1.54) is 23.1 Å². The zero-order chi connectivity index (χ0) is 21.3. The molecule has 0 aromatic heterocycles. The van der Waals surface area contributed by atoms with Crippen molar-refractivity contribution in [1.82, 2.24) is 5.32 Å². The van der Waals surface area contributed by atoms with Crippen LogP contribution in [0, 0.1) is 5.82 Å². The summed E-state index contributed by atoms with van der Waals surface area (Å²) in [5.74, 6) is -1.11. The minimum atomic E-state index is -1.22. The van der Waals surface area contributed by atoms with Gasteiger partial charge in [0.1, 0.15) is 11.4 Å². The molecule has 0 bridgehead atoms. The Balaban J connectivity index is 1.70. The molecule has 6 heteroatoms. The first kappa shape index (κ1) is 20.1. The second kappa shape index (κ2) is 7.92. The highest BCUT2D eigenvalue weighted by molar-refractivity contribution is 6.30. The Labute approximate surface area is 179 Å². The molecular weight excluding hydrogens is 403 g/mol. The minimum absolute atomic E-state index is 0.290. The van der Waals surface area contributed by atoms with Crippen molar-refractivity contribution >= 4 is 29.1 Å². The summed E-state index contributed by atoms with van der Waals surface area (Å²) in [5.41, 5.74) is 1.32. The average Bonchev–Trinajstić information content (AvgIpc) is 2.73. The lowest BCUT2D eigenvalue weighted by molar-refractivity contribution is -0.126. The third kappa shape index (κ3) is 3.68. The van der Waals surface area contributed by atoms with E-state index < -0.39 is 11.4 Å². The molecule has 0 spiro atoms. The van der Waals surface area contributed by atoms with Gasteiger partial charge in [-0.2, -0.15) is 0 Å². The number of hydrogen-bond donors (Lipinski definition) is 1. The highest BCUT2D eigenvalue weighted by Crippen LogP contribution is 2.35. The number of amides is 2. The van der Waals surface area contributed by atoms with E-state index in [1.807, 2.05) is 24.3 Å². The van der Waals surface area contributed by atoms with Crippen LogP contribution in [-0.2, 0) is 17.8 Å². The van der Waals surface area contributed by atoms with Gasteiger partial charge in [-0.1, -0.05) is 48.0 Å². The molecule has 152 valence electrons. The third-order valence-corrected chi connectivity index (χ3v) is 5.65. The van der Waals surface area contributed by atoms with Gasteiger partial charge in [-0.15, -0.1) is 0 Å². The maximum Gasteiger partial charge on any atom is 0.259 e. The van der Waals surface area contributed by atoms with Crippen molar-refractivity contribution < 1.29 is 14.0 Å². The fourth-order valence-electron chi connectivity index (χ4n) is 3.85. The molecule has 3 aromatic rings. The molecule has 1 atom stereocenters. The SMILES string of the molecule is C[C@]1(C(=O)NCc2ccc(Cl)cc2)Cc2ccccc2C(=O)N1c1cccc(F)c1. The van der Waals surface area contributed by atoms with Crippen LogP contribution in [0.15, 0.2) is 72.8 Å². The number of carbonyl (C=O) groups is 2. The molecular formula is C24H20ClFN2O2. The Morgan fingerprint density at radius 2 is 1.83 bits per heavy atom. The van der Waals surface area contributed by atoms with E-state index in [4.69, 9.17) is 11.6 Å². The Morgan fingerprint density at radius 3 is 2.57 bits per heavy atom. The molecule has 0 radical (unpaired) electrons. The summed E-state index contributed by atoms with van der Waals surface area (Å²) in [5, 5.41) is 3.54. The summed E-state index contributed by atoms with van der Waals surface area (Å²) in [4.78, 5) is 28.1. The van der Waals surface area contributed by atoms with E-state index in [-0.39, 0.29) is 11.8 Å². The van der Waals surface area contributed by atoms with Crippen LogP contribution in [0.25, 0.3) is 0 Å². The van der Waals surface area contributed by atoms with E-state index in [0.29, 0.717) is 29.2 Å². The lowest BCUT2D eigenvalue weighted by Crippen LogP contribution is -2.63. The van der Waals surface area contributed by atoms with Gasteiger partial charge in [0.2, 0.25) is 5.91 Å². The minimum Gasteiger partial charge on any atom is -0.350 e. The predicted molar refractivity (Wildman–Crippen MR) is 115 cm³/mol. The number of hydrogen-bond acceptors (Lipinski definition) is 2. The van der Waals surface area contributed by atoms with Crippen molar-refractivity contribution in [1.29, 1.82) is 0 Å². The number of halogens is 2. The fourth-order valence-corrected chi connectivity index (χ4v) is 3.98. The maximum atomic E-state index is 14.0. The monoisotopic (exact) mass is 422 g/mol. The van der Waals surface area contributed by atoms with Gasteiger partial charge in [-0.3, -0.25) is 14.5 Å². The fraction of sp³-hybridized carbons (Fsp3) is 0.167. The first-order chi connectivity index (χ1) is 14.4. The van der Waals surface area contributed by atoms with Gasteiger partial charge >= 0.3 is 0 Å². The second-order valence-corrected chi connectivity index (χ2v) is 7.97. The standard InChI is InChI=1S/C24H20ClFN2O2/c1-24(23(30)27-15-16-9-11-18(25)12-10-16)14-17-5-2-3-8-21(17)22(29)28(24)20-7-4-6-19(26)13-20/h2-13H,14-15H2,1H3,(H,27,30)/t24-/m1/s1. The number of nitrogens with one attached hydrogen (secondary N) is 1. The third-order valence-electron chi connectivity index (χ3n) is 5.40. The van der Waals surface area contributed by atoms with Crippen LogP contribution in [0.3, 0.4) is 0 Å². The van der Waals surface area contributed by atoms with Crippen LogP contribution >= 0.6 is 11.6 Å². The number of fused-ring (bicyclic) bond motifs is 1. The maximum absolute atomic E-state index is 14.0. The average molecular weight is 423 g/mol. The van der Waals surface area contributed by atoms with Crippen molar-refractivity contribution in [2.45, 2.75) is 25.4 Å². The number of benzene rings is 3. The van der Waals surface area contributed by atoms with Gasteiger partial charge in [-0.25, -0.2) is 4.39 Å². The van der Waals surface area contributed by atoms with E-state index in [2.05, 4.69) is 5.32 Å². The van der Waals surface area contributed by atoms with Crippen LogP contribution in [-0.4, -0.2) is 17.4 Å². The predicted octanol–water partition coefficient (Wildman–Crippen LogP) is 4.76. The zero-order valence-electron chi connectivity index (χ0n) is 16.4. The smallest absolute Gasteiger partial charge is 0.259 e. The summed E-state index contributed by atoms with van der Waals surface area (Å²) >= 11 is 5.92. The molecule has 4 nitrogen and oxygen atoms in total. The van der Waals surface area contributed by atoms with Crippen molar-refractivity contribution in [2.24, 2.45) is 0 Å². The lowest BCUT2D eigenvalue weighted by atomic mass is 9.82. The van der Waals surface area contributed by atoms with Crippen molar-refractivity contribution in [3.8, 4) is 0 Å². The van der Waals surface area contributed by atoms with Gasteiger partial charge < -0.3 is 5.32 Å². The Kier molecular flexibility index (Phi) is 5.31. The molecule has 0 fully saturated rings. The van der Waals surface area contributed by atoms with Crippen LogP contribution in [0.5, 0.6) is 0 Å². The van der Waals surface area contributed by atoms with Crippen molar-refractivity contribution in [2.75, 3.05) is 4.90 Å². The molecule has 1 N–H and O–H groups in total. The normalized spacial score (nSPS) is 18.1. The summed E-state index contributed by atoms with van der Waals surface area (Å²) < 4.78 is 14.0. The lowest BCUT2D eigenvalue weighted by Gasteiger charge is -2.44. The molecule has 0 aliphatic carbocycles. The van der Waals surface area contributed by atoms with Crippen LogP contribution in [0.2, 0.25) is 5.02 Å². The van der Waals surface area contributed by atoms with Gasteiger partial charge in [0.25, 0.3) is 5.91 Å². The molecule has 0 unspecified atom stereocenters. The molecule has 0 saturated carbocycles. The number of nitrogens with zero attached hydrogens (tertiary/aromatic N) is 1. The summed E-state index contributed by atoms with van der Waals surface area (Å²) in [6.07, 6.45) is 0.317. The van der Waals surface area contributed by atoms with Crippen LogP contribution < -0.4 is 10.2 Å². The highest BCUT2D eigenvalue weighted by atomic mass is 35.5. The topological polar surface area (TPSA) is 49.4 Å². The Hall–Kier alpha value is -3.18. The molecule has 1 heterocycles. The molecule has 30 heavy (non-hydrogen) atoms. The zero-order valence-corrected chi connectivity index (χ0v) is 17.1. The molecule has 0 saturated heterocycles. The van der Waals surface area contributed by atoms with E-state index >= 15 is 0 Å². The largest absolute Gasteiger partial charge is 0.350 e. The van der Waals surface area contributed by atoms with E-state index in [9.17, 15) is 14.0 Å². The van der Waals surface area contributed by atoms with Crippen molar-refractivity contribution in [3.05, 3.63) is 100 Å². The molecule has 1 aliphatic heterocycles.